The molecule has 0 aromatic heterocycles. The van der Waals surface area contributed by atoms with Gasteiger partial charge in [-0.25, -0.2) is 4.57 Å². The fourth-order valence-electron chi connectivity index (χ4n) is 5.52. The molecule has 2 N–H and O–H groups in total. The van der Waals surface area contributed by atoms with Crippen molar-refractivity contribution in [2.45, 2.75) is 200 Å². The van der Waals surface area contributed by atoms with Gasteiger partial charge in [-0.2, -0.15) is 0 Å². The fourth-order valence-corrected chi connectivity index (χ4v) is 5.88. The van der Waals surface area contributed by atoms with Crippen LogP contribution in [0.3, 0.4) is 0 Å². The molecule has 0 aromatic rings. The maximum atomic E-state index is 12.4. The second-order valence-corrected chi connectivity index (χ2v) is 14.5. The van der Waals surface area contributed by atoms with Crippen molar-refractivity contribution in [2.75, 3.05) is 13.2 Å². The van der Waals surface area contributed by atoms with Gasteiger partial charge < -0.3 is 19.3 Å². The largest absolute Gasteiger partial charge is 0.469 e. The molecule has 0 aliphatic heterocycles. The van der Waals surface area contributed by atoms with Gasteiger partial charge in [-0.3, -0.25) is 14.1 Å². The average Bonchev–Trinajstić information content (AvgIpc) is 3.05. The van der Waals surface area contributed by atoms with Crippen molar-refractivity contribution in [3.63, 3.8) is 0 Å². The smallest absolute Gasteiger partial charge is 0.462 e. The van der Waals surface area contributed by atoms with Gasteiger partial charge in [0.05, 0.1) is 6.61 Å². The highest BCUT2D eigenvalue weighted by atomic mass is 31.2. The number of hydrogen-bond donors (Lipinski definition) is 2. The van der Waals surface area contributed by atoms with Gasteiger partial charge in [-0.15, -0.1) is 0 Å². The first-order valence-electron chi connectivity index (χ1n) is 19.6. The van der Waals surface area contributed by atoms with Gasteiger partial charge in [0.25, 0.3) is 0 Å². The number of allylic oxidation sites excluding steroid dienone is 4. The van der Waals surface area contributed by atoms with Gasteiger partial charge in [0.1, 0.15) is 6.61 Å². The SMILES string of the molecule is CCCCC/C=C/C/C=C/CCCCCCCC(=O)OC[C@H](COP(=O)(O)O)OC(=O)CCCCCCCCCCCCCCCCC. The number of phosphoric acid groups is 1. The van der Waals surface area contributed by atoms with Crippen molar-refractivity contribution < 1.29 is 37.9 Å². The third kappa shape index (κ3) is 37.4. The number of rotatable bonds is 36. The lowest BCUT2D eigenvalue weighted by atomic mass is 10.0. The molecule has 0 aromatic carbocycles. The zero-order valence-corrected chi connectivity index (χ0v) is 31.8. The molecule has 0 heterocycles. The van der Waals surface area contributed by atoms with Crippen LogP contribution < -0.4 is 0 Å². The first kappa shape index (κ1) is 46.5. The van der Waals surface area contributed by atoms with E-state index in [2.05, 4.69) is 42.7 Å². The van der Waals surface area contributed by atoms with Crippen LogP contribution in [0.25, 0.3) is 0 Å². The van der Waals surface area contributed by atoms with Crippen molar-refractivity contribution in [1.29, 1.82) is 0 Å². The molecule has 0 saturated heterocycles. The average molecular weight is 701 g/mol. The molecule has 282 valence electrons. The van der Waals surface area contributed by atoms with E-state index in [1.807, 2.05) is 0 Å². The van der Waals surface area contributed by atoms with Crippen molar-refractivity contribution in [2.24, 2.45) is 0 Å². The van der Waals surface area contributed by atoms with Crippen LogP contribution in [0.5, 0.6) is 0 Å². The molecule has 0 fully saturated rings. The number of unbranched alkanes of at least 4 members (excludes halogenated alkanes) is 22. The quantitative estimate of drug-likeness (QED) is 0.0287. The van der Waals surface area contributed by atoms with E-state index in [-0.39, 0.29) is 19.4 Å². The first-order chi connectivity index (χ1) is 23.3. The highest BCUT2D eigenvalue weighted by molar-refractivity contribution is 7.46. The number of esters is 2. The Morgan fingerprint density at radius 1 is 0.542 bits per heavy atom. The molecule has 0 bridgehead atoms. The Morgan fingerprint density at radius 2 is 0.938 bits per heavy atom. The number of carbonyl (C=O) groups excluding carboxylic acids is 2. The fraction of sp³-hybridized carbons (Fsp3) is 0.846. The van der Waals surface area contributed by atoms with Gasteiger partial charge >= 0.3 is 19.8 Å². The molecule has 0 radical (unpaired) electrons. The molecular weight excluding hydrogens is 627 g/mol. The summed E-state index contributed by atoms with van der Waals surface area (Å²) >= 11 is 0. The normalized spacial score (nSPS) is 12.7. The lowest BCUT2D eigenvalue weighted by molar-refractivity contribution is -0.161. The van der Waals surface area contributed by atoms with Crippen molar-refractivity contribution >= 4 is 19.8 Å². The summed E-state index contributed by atoms with van der Waals surface area (Å²) in [4.78, 5) is 42.7. The topological polar surface area (TPSA) is 119 Å². The lowest BCUT2D eigenvalue weighted by Crippen LogP contribution is -2.29. The maximum Gasteiger partial charge on any atom is 0.469 e. The van der Waals surface area contributed by atoms with Gasteiger partial charge in [-0.05, 0) is 44.9 Å². The number of ether oxygens (including phenoxy) is 2. The first-order valence-corrected chi connectivity index (χ1v) is 21.2. The number of phosphoric ester groups is 1. The summed E-state index contributed by atoms with van der Waals surface area (Å²) in [5.41, 5.74) is 0. The summed E-state index contributed by atoms with van der Waals surface area (Å²) in [7, 11) is -4.75. The van der Waals surface area contributed by atoms with Crippen LogP contribution in [0.15, 0.2) is 24.3 Å². The molecule has 8 nitrogen and oxygen atoms in total. The minimum Gasteiger partial charge on any atom is -0.462 e. The third-order valence-corrected chi connectivity index (χ3v) is 8.96. The van der Waals surface area contributed by atoms with E-state index in [1.54, 1.807) is 0 Å². The van der Waals surface area contributed by atoms with Gasteiger partial charge in [0.2, 0.25) is 0 Å². The van der Waals surface area contributed by atoms with Crippen molar-refractivity contribution in [1.82, 2.24) is 0 Å². The van der Waals surface area contributed by atoms with E-state index in [0.717, 1.165) is 57.8 Å². The molecule has 0 aliphatic carbocycles. The standard InChI is InChI=1S/C39H73O8P/c1-3-5-7-9-11-13-15-17-19-21-23-25-27-29-31-33-38(40)45-35-37(36-46-48(42,43)44)47-39(41)34-32-30-28-26-24-22-20-18-16-14-12-10-8-6-4-2/h11,13,17,19,37H,3-10,12,14-16,18,20-36H2,1-2H3,(H2,42,43,44)/b13-11+,19-17+/t37-/m1/s1. The Hall–Kier alpha value is -1.47. The molecule has 9 heteroatoms. The Kier molecular flexibility index (Phi) is 34.3. The summed E-state index contributed by atoms with van der Waals surface area (Å²) in [5.74, 6) is -0.894. The van der Waals surface area contributed by atoms with Crippen molar-refractivity contribution in [3.8, 4) is 0 Å². The molecule has 0 spiro atoms. The van der Waals surface area contributed by atoms with Crippen LogP contribution in [-0.2, 0) is 28.2 Å². The Labute approximate surface area is 294 Å². The van der Waals surface area contributed by atoms with E-state index in [4.69, 9.17) is 19.3 Å². The molecule has 0 amide bonds. The zero-order valence-electron chi connectivity index (χ0n) is 30.9. The summed E-state index contributed by atoms with van der Waals surface area (Å²) in [6.45, 7) is 3.65. The summed E-state index contributed by atoms with van der Waals surface area (Å²) in [6, 6.07) is 0. The van der Waals surface area contributed by atoms with Crippen molar-refractivity contribution in [3.05, 3.63) is 24.3 Å². The monoisotopic (exact) mass is 701 g/mol. The maximum absolute atomic E-state index is 12.4. The van der Waals surface area contributed by atoms with E-state index >= 15 is 0 Å². The minimum atomic E-state index is -4.75. The molecule has 0 unspecified atom stereocenters. The van der Waals surface area contributed by atoms with Crippen LogP contribution in [0.4, 0.5) is 0 Å². The summed E-state index contributed by atoms with van der Waals surface area (Å²) in [5, 5.41) is 0. The Morgan fingerprint density at radius 3 is 1.42 bits per heavy atom. The van der Waals surface area contributed by atoms with Crippen LogP contribution >= 0.6 is 7.82 Å². The van der Waals surface area contributed by atoms with E-state index < -0.39 is 32.5 Å². The molecule has 0 aliphatic rings. The molecule has 1 atom stereocenters. The lowest BCUT2D eigenvalue weighted by Gasteiger charge is -2.18. The number of carbonyl (C=O) groups is 2. The predicted octanol–water partition coefficient (Wildman–Crippen LogP) is 11.6. The van der Waals surface area contributed by atoms with Crippen LogP contribution in [-0.4, -0.2) is 41.0 Å². The molecular formula is C39H73O8P. The summed E-state index contributed by atoms with van der Waals surface area (Å²) in [6.07, 6.45) is 38.9. The van der Waals surface area contributed by atoms with Gasteiger partial charge in [0.15, 0.2) is 6.10 Å². The van der Waals surface area contributed by atoms with Crippen LogP contribution in [0.1, 0.15) is 194 Å². The van der Waals surface area contributed by atoms with Gasteiger partial charge in [0, 0.05) is 12.8 Å². The summed E-state index contributed by atoms with van der Waals surface area (Å²) < 4.78 is 26.3. The highest BCUT2D eigenvalue weighted by Gasteiger charge is 2.22. The van der Waals surface area contributed by atoms with Crippen LogP contribution in [0.2, 0.25) is 0 Å². The second kappa shape index (κ2) is 35.4. The Bertz CT molecular complexity index is 838. The predicted molar refractivity (Wildman–Crippen MR) is 198 cm³/mol. The van der Waals surface area contributed by atoms with E-state index in [0.29, 0.717) is 12.8 Å². The highest BCUT2D eigenvalue weighted by Crippen LogP contribution is 2.36. The van der Waals surface area contributed by atoms with Gasteiger partial charge in [-0.1, -0.05) is 160 Å². The third-order valence-electron chi connectivity index (χ3n) is 8.47. The molecule has 48 heavy (non-hydrogen) atoms. The zero-order chi connectivity index (χ0) is 35.4. The molecule has 0 saturated carbocycles. The van der Waals surface area contributed by atoms with E-state index in [9.17, 15) is 14.2 Å². The molecule has 0 rings (SSSR count). The second-order valence-electron chi connectivity index (χ2n) is 13.3. The Balaban J connectivity index is 3.95. The van der Waals surface area contributed by atoms with E-state index in [1.165, 1.54) is 96.3 Å². The van der Waals surface area contributed by atoms with Crippen LogP contribution in [0, 0.1) is 0 Å². The minimum absolute atomic E-state index is 0.213. The number of hydrogen-bond acceptors (Lipinski definition) is 6.